The van der Waals surface area contributed by atoms with Crippen LogP contribution in [0.4, 0.5) is 4.79 Å². The van der Waals surface area contributed by atoms with E-state index in [1.807, 2.05) is 0 Å². The van der Waals surface area contributed by atoms with Crippen LogP contribution in [0.1, 0.15) is 38.5 Å². The van der Waals surface area contributed by atoms with Crippen LogP contribution in [0, 0.1) is 0 Å². The summed E-state index contributed by atoms with van der Waals surface area (Å²) in [5.74, 6) is 0.0473. The van der Waals surface area contributed by atoms with Crippen molar-refractivity contribution in [3.63, 3.8) is 0 Å². The van der Waals surface area contributed by atoms with Gasteiger partial charge in [-0.25, -0.2) is 13.2 Å². The molecule has 0 bridgehead atoms. The lowest BCUT2D eigenvalue weighted by molar-refractivity contribution is -0.119. The summed E-state index contributed by atoms with van der Waals surface area (Å²) in [5, 5.41) is 2.64. The van der Waals surface area contributed by atoms with Crippen LogP contribution in [0.3, 0.4) is 0 Å². The van der Waals surface area contributed by atoms with E-state index in [2.05, 4.69) is 10.2 Å². The average Bonchev–Trinajstić information content (AvgIpc) is 3.20. The molecule has 2 amide bonds. The number of sulfone groups is 1. The molecule has 3 heterocycles. The first-order valence-corrected chi connectivity index (χ1v) is 11.3. The van der Waals surface area contributed by atoms with Crippen molar-refractivity contribution in [2.24, 2.45) is 0 Å². The lowest BCUT2D eigenvalue weighted by Crippen LogP contribution is -2.72. The molecule has 0 radical (unpaired) electrons. The lowest BCUT2D eigenvalue weighted by Gasteiger charge is -2.52. The predicted octanol–water partition coefficient (Wildman–Crippen LogP) is 0.602. The molecule has 1 saturated carbocycles. The highest BCUT2D eigenvalue weighted by Gasteiger charge is 2.54. The monoisotopic (exact) mass is 371 g/mol. The van der Waals surface area contributed by atoms with Gasteiger partial charge in [-0.3, -0.25) is 0 Å². The number of carbonyl (C=O) groups is 1. The third-order valence-corrected chi connectivity index (χ3v) is 8.37. The molecule has 1 aliphatic carbocycles. The minimum absolute atomic E-state index is 0.0473. The highest BCUT2D eigenvalue weighted by molar-refractivity contribution is 7.92. The number of amides is 2. The van der Waals surface area contributed by atoms with Gasteiger partial charge >= 0.3 is 6.03 Å². The van der Waals surface area contributed by atoms with Gasteiger partial charge in [0.05, 0.1) is 30.7 Å². The van der Waals surface area contributed by atoms with E-state index in [1.165, 1.54) is 12.8 Å². The third kappa shape index (κ3) is 3.66. The van der Waals surface area contributed by atoms with E-state index < -0.39 is 20.7 Å². The summed E-state index contributed by atoms with van der Waals surface area (Å²) in [4.78, 5) is 16.2. The van der Waals surface area contributed by atoms with Crippen LogP contribution in [-0.4, -0.2) is 86.2 Å². The van der Waals surface area contributed by atoms with Crippen LogP contribution in [0.25, 0.3) is 0 Å². The maximum atomic E-state index is 12.7. The molecule has 1 atom stereocenters. The van der Waals surface area contributed by atoms with Crippen LogP contribution in [0.5, 0.6) is 0 Å². The van der Waals surface area contributed by atoms with E-state index in [1.54, 1.807) is 4.90 Å². The Bertz CT molecular complexity index is 605. The Hall–Kier alpha value is -0.860. The number of hydrogen-bond acceptors (Lipinski definition) is 5. The van der Waals surface area contributed by atoms with Crippen molar-refractivity contribution in [1.82, 2.24) is 15.1 Å². The Labute approximate surface area is 150 Å². The Morgan fingerprint density at radius 2 is 1.80 bits per heavy atom. The number of likely N-dealkylation sites (tertiary alicyclic amines) is 2. The number of rotatable bonds is 3. The molecule has 142 valence electrons. The maximum absolute atomic E-state index is 12.7. The molecule has 4 fully saturated rings. The van der Waals surface area contributed by atoms with Crippen LogP contribution < -0.4 is 5.32 Å². The second-order valence-corrected chi connectivity index (χ2v) is 10.5. The van der Waals surface area contributed by atoms with E-state index in [4.69, 9.17) is 4.74 Å². The molecule has 1 spiro atoms. The van der Waals surface area contributed by atoms with Gasteiger partial charge in [-0.2, -0.15) is 0 Å². The topological polar surface area (TPSA) is 79.0 Å². The zero-order valence-electron chi connectivity index (χ0n) is 14.8. The van der Waals surface area contributed by atoms with Gasteiger partial charge in [0.2, 0.25) is 0 Å². The summed E-state index contributed by atoms with van der Waals surface area (Å²) in [6.45, 7) is 3.61. The molecule has 1 N–H and O–H groups in total. The first kappa shape index (κ1) is 17.5. The van der Waals surface area contributed by atoms with Crippen LogP contribution in [0.2, 0.25) is 0 Å². The van der Waals surface area contributed by atoms with Gasteiger partial charge in [-0.1, -0.05) is 12.8 Å². The molecule has 25 heavy (non-hydrogen) atoms. The van der Waals surface area contributed by atoms with Gasteiger partial charge in [0.1, 0.15) is 5.60 Å². The van der Waals surface area contributed by atoms with E-state index in [-0.39, 0.29) is 24.4 Å². The lowest BCUT2D eigenvalue weighted by atomic mass is 9.96. The minimum atomic E-state index is -3.18. The van der Waals surface area contributed by atoms with Crippen molar-refractivity contribution in [3.8, 4) is 0 Å². The van der Waals surface area contributed by atoms with Gasteiger partial charge in [-0.15, -0.1) is 0 Å². The summed E-state index contributed by atoms with van der Waals surface area (Å²) in [5.41, 5.74) is -0.673. The van der Waals surface area contributed by atoms with Crippen molar-refractivity contribution in [1.29, 1.82) is 0 Å². The molecule has 8 heteroatoms. The zero-order chi connectivity index (χ0) is 17.5. The first-order chi connectivity index (χ1) is 12.0. The highest BCUT2D eigenvalue weighted by atomic mass is 32.2. The zero-order valence-corrected chi connectivity index (χ0v) is 15.6. The molecule has 4 rings (SSSR count). The molecular weight excluding hydrogens is 342 g/mol. The van der Waals surface area contributed by atoms with Gasteiger partial charge < -0.3 is 19.9 Å². The van der Waals surface area contributed by atoms with Gasteiger partial charge in [0, 0.05) is 12.6 Å². The Morgan fingerprint density at radius 3 is 2.44 bits per heavy atom. The standard InChI is InChI=1S/C17H29N3O4S/c21-16(18-14-5-1-2-6-14)20-11-17(12-20)13-25(22,23)15(10-24-17)9-19-7-3-4-8-19/h14-15H,1-13H2,(H,18,21)/t15-/m0/s1. The number of nitrogens with zero attached hydrogens (tertiary/aromatic N) is 2. The van der Waals surface area contributed by atoms with E-state index in [9.17, 15) is 13.2 Å². The summed E-state index contributed by atoms with van der Waals surface area (Å²) in [7, 11) is -3.18. The van der Waals surface area contributed by atoms with Crippen molar-refractivity contribution >= 4 is 15.9 Å². The normalized spacial score (nSPS) is 32.0. The van der Waals surface area contributed by atoms with Crippen molar-refractivity contribution in [2.75, 3.05) is 45.1 Å². The van der Waals surface area contributed by atoms with Crippen molar-refractivity contribution in [2.45, 2.75) is 55.4 Å². The quantitative estimate of drug-likeness (QED) is 0.786. The van der Waals surface area contributed by atoms with Crippen molar-refractivity contribution in [3.05, 3.63) is 0 Å². The molecule has 3 aliphatic heterocycles. The molecule has 0 aromatic heterocycles. The second kappa shape index (κ2) is 6.70. The average molecular weight is 372 g/mol. The third-order valence-electron chi connectivity index (χ3n) is 6.14. The minimum Gasteiger partial charge on any atom is -0.369 e. The Balaban J connectivity index is 1.29. The molecule has 0 aromatic rings. The fourth-order valence-electron chi connectivity index (χ4n) is 4.63. The fourth-order valence-corrected chi connectivity index (χ4v) is 6.58. The number of urea groups is 1. The Kier molecular flexibility index (Phi) is 4.70. The number of hydrogen-bond donors (Lipinski definition) is 1. The first-order valence-electron chi connectivity index (χ1n) is 9.59. The summed E-state index contributed by atoms with van der Waals surface area (Å²) in [6.07, 6.45) is 6.76. The van der Waals surface area contributed by atoms with Crippen molar-refractivity contribution < 1.29 is 17.9 Å². The molecule has 4 aliphatic rings. The number of carbonyl (C=O) groups excluding carboxylic acids is 1. The van der Waals surface area contributed by atoms with Gasteiger partial charge in [0.25, 0.3) is 0 Å². The second-order valence-electron chi connectivity index (χ2n) is 8.22. The van der Waals surface area contributed by atoms with Crippen LogP contribution >= 0.6 is 0 Å². The van der Waals surface area contributed by atoms with Gasteiger partial charge in [-0.05, 0) is 38.8 Å². The van der Waals surface area contributed by atoms with E-state index in [0.717, 1.165) is 38.8 Å². The molecule has 3 saturated heterocycles. The van der Waals surface area contributed by atoms with Gasteiger partial charge in [0.15, 0.2) is 9.84 Å². The summed E-state index contributed by atoms with van der Waals surface area (Å²) >= 11 is 0. The summed E-state index contributed by atoms with van der Waals surface area (Å²) in [6, 6.07) is 0.211. The molecule has 0 aromatic carbocycles. The van der Waals surface area contributed by atoms with Crippen LogP contribution in [0.15, 0.2) is 0 Å². The highest BCUT2D eigenvalue weighted by Crippen LogP contribution is 2.33. The number of ether oxygens (including phenoxy) is 1. The fraction of sp³-hybridized carbons (Fsp3) is 0.941. The summed E-state index contributed by atoms with van der Waals surface area (Å²) < 4.78 is 31.4. The molecule has 0 unspecified atom stereocenters. The Morgan fingerprint density at radius 1 is 1.12 bits per heavy atom. The van der Waals surface area contributed by atoms with E-state index in [0.29, 0.717) is 19.6 Å². The smallest absolute Gasteiger partial charge is 0.317 e. The largest absolute Gasteiger partial charge is 0.369 e. The predicted molar refractivity (Wildman–Crippen MR) is 94.3 cm³/mol. The SMILES string of the molecule is O=C(NC1CCCC1)N1CC2(C1)CS(=O)(=O)[C@@H](CN1CCCC1)CO2. The maximum Gasteiger partial charge on any atom is 0.317 e. The van der Waals surface area contributed by atoms with E-state index >= 15 is 0 Å². The van der Waals surface area contributed by atoms with Crippen LogP contribution in [-0.2, 0) is 14.6 Å². The molecule has 7 nitrogen and oxygen atoms in total. The number of nitrogens with one attached hydrogen (secondary N) is 1. The molecular formula is C17H29N3O4S.